The van der Waals surface area contributed by atoms with E-state index in [-0.39, 0.29) is 0 Å². The number of aromatic nitrogens is 6. The zero-order chi connectivity index (χ0) is 24.2. The molecule has 0 unspecified atom stereocenters. The van der Waals surface area contributed by atoms with Crippen LogP contribution in [0.3, 0.4) is 0 Å². The number of tetrazole rings is 1. The van der Waals surface area contributed by atoms with Crippen molar-refractivity contribution in [3.8, 4) is 23.1 Å². The van der Waals surface area contributed by atoms with Crippen LogP contribution in [-0.2, 0) is 12.3 Å². The monoisotopic (exact) mass is 477 g/mol. The van der Waals surface area contributed by atoms with E-state index >= 15 is 0 Å². The van der Waals surface area contributed by atoms with Crippen LogP contribution in [0.2, 0.25) is 0 Å². The molecule has 0 aliphatic heterocycles. The molecule has 0 N–H and O–H groups in total. The smallest absolute Gasteiger partial charge is 0.209 e. The molecule has 0 fully saturated rings. The van der Waals surface area contributed by atoms with E-state index in [0.29, 0.717) is 17.9 Å². The van der Waals surface area contributed by atoms with E-state index in [9.17, 15) is 0 Å². The van der Waals surface area contributed by atoms with Crippen molar-refractivity contribution in [3.63, 3.8) is 0 Å². The van der Waals surface area contributed by atoms with Crippen molar-refractivity contribution >= 4 is 11.8 Å². The SMILES string of the molecule is Cc1ccc(-n2ncc(-c3nnn(Cc4ccc(C#N)cc4)n3)c2SCc2ccccc2)cc1C. The van der Waals surface area contributed by atoms with Crippen molar-refractivity contribution in [2.45, 2.75) is 31.2 Å². The molecule has 8 heteroatoms. The van der Waals surface area contributed by atoms with Crippen LogP contribution in [0.15, 0.2) is 84.0 Å². The minimum Gasteiger partial charge on any atom is -0.226 e. The number of hydrogen-bond donors (Lipinski definition) is 0. The van der Waals surface area contributed by atoms with Crippen LogP contribution in [0.4, 0.5) is 0 Å². The number of thioether (sulfide) groups is 1. The summed E-state index contributed by atoms with van der Waals surface area (Å²) in [5.41, 5.74) is 7.15. The van der Waals surface area contributed by atoms with E-state index in [2.05, 4.69) is 65.7 Å². The van der Waals surface area contributed by atoms with E-state index in [1.165, 1.54) is 16.7 Å². The first kappa shape index (κ1) is 22.6. The number of hydrogen-bond acceptors (Lipinski definition) is 6. The molecule has 0 bridgehead atoms. The van der Waals surface area contributed by atoms with Gasteiger partial charge in [-0.1, -0.05) is 48.5 Å². The van der Waals surface area contributed by atoms with Gasteiger partial charge in [-0.3, -0.25) is 0 Å². The van der Waals surface area contributed by atoms with E-state index < -0.39 is 0 Å². The summed E-state index contributed by atoms with van der Waals surface area (Å²) in [5.74, 6) is 1.33. The Morgan fingerprint density at radius 1 is 0.914 bits per heavy atom. The van der Waals surface area contributed by atoms with Crippen molar-refractivity contribution in [3.05, 3.63) is 107 Å². The number of rotatable bonds is 7. The standard InChI is InChI=1S/C27H23N7S/c1-19-8-13-24(14-20(19)2)34-27(35-18-23-6-4-3-5-7-23)25(16-29-34)26-30-32-33(31-26)17-22-11-9-21(15-28)10-12-22/h3-14,16H,17-18H2,1-2H3. The molecule has 35 heavy (non-hydrogen) atoms. The van der Waals surface area contributed by atoms with E-state index in [1.807, 2.05) is 41.2 Å². The minimum atomic E-state index is 0.469. The van der Waals surface area contributed by atoms with Gasteiger partial charge >= 0.3 is 0 Å². The van der Waals surface area contributed by atoms with Crippen molar-refractivity contribution in [2.24, 2.45) is 0 Å². The van der Waals surface area contributed by atoms with Crippen LogP contribution < -0.4 is 0 Å². The molecule has 7 nitrogen and oxygen atoms in total. The van der Waals surface area contributed by atoms with Gasteiger partial charge in [0.1, 0.15) is 5.03 Å². The Bertz CT molecular complexity index is 1500. The van der Waals surface area contributed by atoms with Gasteiger partial charge in [-0.15, -0.1) is 22.0 Å². The number of benzene rings is 3. The molecule has 172 valence electrons. The highest BCUT2D eigenvalue weighted by molar-refractivity contribution is 7.98. The Hall–Kier alpha value is -4.22. The van der Waals surface area contributed by atoms with Crippen molar-refractivity contribution in [1.82, 2.24) is 30.0 Å². The molecule has 0 atom stereocenters. The van der Waals surface area contributed by atoms with E-state index in [4.69, 9.17) is 10.4 Å². The second-order valence-corrected chi connectivity index (χ2v) is 9.23. The average Bonchev–Trinajstić information content (AvgIpc) is 3.52. The first-order valence-electron chi connectivity index (χ1n) is 11.2. The molecule has 0 amide bonds. The second-order valence-electron chi connectivity index (χ2n) is 8.27. The molecule has 2 aromatic heterocycles. The van der Waals surface area contributed by atoms with Crippen molar-refractivity contribution < 1.29 is 0 Å². The minimum absolute atomic E-state index is 0.469. The number of nitriles is 1. The zero-order valence-electron chi connectivity index (χ0n) is 19.5. The van der Waals surface area contributed by atoms with Gasteiger partial charge in [-0.25, -0.2) is 4.68 Å². The molecule has 0 spiro atoms. The largest absolute Gasteiger partial charge is 0.226 e. The average molecular weight is 478 g/mol. The Morgan fingerprint density at radius 2 is 1.71 bits per heavy atom. The molecule has 5 aromatic rings. The molecule has 3 aromatic carbocycles. The summed E-state index contributed by atoms with van der Waals surface area (Å²) >= 11 is 1.70. The fourth-order valence-electron chi connectivity index (χ4n) is 3.66. The fraction of sp³-hybridized carbons (Fsp3) is 0.148. The second kappa shape index (κ2) is 9.95. The van der Waals surface area contributed by atoms with Crippen LogP contribution >= 0.6 is 11.8 Å². The highest BCUT2D eigenvalue weighted by Crippen LogP contribution is 2.34. The Morgan fingerprint density at radius 3 is 2.46 bits per heavy atom. The van der Waals surface area contributed by atoms with Gasteiger partial charge in [0.05, 0.1) is 35.6 Å². The summed E-state index contributed by atoms with van der Waals surface area (Å²) in [5, 5.41) is 27.9. The van der Waals surface area contributed by atoms with Crippen molar-refractivity contribution in [2.75, 3.05) is 0 Å². The number of nitrogens with zero attached hydrogens (tertiary/aromatic N) is 7. The normalized spacial score (nSPS) is 10.9. The van der Waals surface area contributed by atoms with E-state index in [1.54, 1.807) is 28.7 Å². The maximum absolute atomic E-state index is 9.00. The van der Waals surface area contributed by atoms with Gasteiger partial charge in [-0.05, 0) is 65.6 Å². The third-order valence-corrected chi connectivity index (χ3v) is 6.92. The fourth-order valence-corrected chi connectivity index (χ4v) is 4.73. The number of aryl methyl sites for hydroxylation is 2. The van der Waals surface area contributed by atoms with Crippen LogP contribution in [0, 0.1) is 25.2 Å². The molecule has 0 saturated carbocycles. The van der Waals surface area contributed by atoms with Crippen molar-refractivity contribution in [1.29, 1.82) is 5.26 Å². The molecule has 5 rings (SSSR count). The lowest BCUT2D eigenvalue weighted by molar-refractivity contribution is 0.573. The Kier molecular flexibility index (Phi) is 6.42. The summed E-state index contributed by atoms with van der Waals surface area (Å²) in [6.07, 6.45) is 1.81. The first-order valence-corrected chi connectivity index (χ1v) is 12.2. The van der Waals surface area contributed by atoms with Crippen LogP contribution in [0.25, 0.3) is 17.1 Å². The Labute approximate surface area is 208 Å². The molecular formula is C27H23N7S. The topological polar surface area (TPSA) is 85.2 Å². The molecule has 0 aliphatic carbocycles. The molecule has 0 aliphatic rings. The highest BCUT2D eigenvalue weighted by atomic mass is 32.2. The van der Waals surface area contributed by atoms with Gasteiger partial charge in [0, 0.05) is 5.75 Å². The third-order valence-electron chi connectivity index (χ3n) is 5.78. The molecule has 2 heterocycles. The lowest BCUT2D eigenvalue weighted by Gasteiger charge is -2.10. The van der Waals surface area contributed by atoms with Crippen LogP contribution in [0.5, 0.6) is 0 Å². The summed E-state index contributed by atoms with van der Waals surface area (Å²) < 4.78 is 1.96. The summed E-state index contributed by atoms with van der Waals surface area (Å²) in [6.45, 7) is 4.68. The van der Waals surface area contributed by atoms with Crippen LogP contribution in [0.1, 0.15) is 27.8 Å². The first-order chi connectivity index (χ1) is 17.1. The zero-order valence-corrected chi connectivity index (χ0v) is 20.3. The van der Waals surface area contributed by atoms with Gasteiger partial charge in [0.25, 0.3) is 0 Å². The summed E-state index contributed by atoms with van der Waals surface area (Å²) in [6, 6.07) is 26.2. The summed E-state index contributed by atoms with van der Waals surface area (Å²) in [4.78, 5) is 1.57. The maximum Gasteiger partial charge on any atom is 0.209 e. The lowest BCUT2D eigenvalue weighted by Crippen LogP contribution is -2.04. The maximum atomic E-state index is 9.00. The van der Waals surface area contributed by atoms with Gasteiger partial charge in [-0.2, -0.15) is 15.2 Å². The summed E-state index contributed by atoms with van der Waals surface area (Å²) in [7, 11) is 0. The highest BCUT2D eigenvalue weighted by Gasteiger charge is 2.19. The third kappa shape index (κ3) is 5.00. The predicted molar refractivity (Wildman–Crippen MR) is 136 cm³/mol. The van der Waals surface area contributed by atoms with Gasteiger partial charge in [0.15, 0.2) is 0 Å². The quantitative estimate of drug-likeness (QED) is 0.294. The molecule has 0 saturated heterocycles. The molecular weight excluding hydrogens is 454 g/mol. The lowest BCUT2D eigenvalue weighted by atomic mass is 10.1. The Balaban J connectivity index is 1.47. The van der Waals surface area contributed by atoms with Crippen LogP contribution in [-0.4, -0.2) is 30.0 Å². The van der Waals surface area contributed by atoms with E-state index in [0.717, 1.165) is 27.6 Å². The van der Waals surface area contributed by atoms with Gasteiger partial charge < -0.3 is 0 Å². The molecule has 0 radical (unpaired) electrons. The van der Waals surface area contributed by atoms with Gasteiger partial charge in [0.2, 0.25) is 5.82 Å². The predicted octanol–water partition coefficient (Wildman–Crippen LogP) is 5.35.